The van der Waals surface area contributed by atoms with E-state index in [4.69, 9.17) is 0 Å². The number of hydrogen-bond acceptors (Lipinski definition) is 4. The molecule has 3 fully saturated rings. The van der Waals surface area contributed by atoms with Gasteiger partial charge in [0.15, 0.2) is 0 Å². The van der Waals surface area contributed by atoms with Crippen molar-refractivity contribution in [2.45, 2.75) is 64.8 Å². The molecule has 1 aromatic heterocycles. The Kier molecular flexibility index (Phi) is 4.73. The molecular weight excluding hydrogens is 352 g/mol. The normalized spacial score (nSPS) is 21.7. The minimum atomic E-state index is -0.191. The number of amides is 2. The monoisotopic (exact) mass is 384 g/mol. The maximum atomic E-state index is 12.7. The molecule has 3 aliphatic rings. The molecule has 0 bridgehead atoms. The molecule has 2 aliphatic carbocycles. The smallest absolute Gasteiger partial charge is 0.234 e. The fraction of sp³-hybridized carbons (Fsp3) is 0.682. The van der Waals surface area contributed by atoms with Crippen molar-refractivity contribution in [2.75, 3.05) is 25.0 Å². The summed E-state index contributed by atoms with van der Waals surface area (Å²) in [5.41, 5.74) is 3.27. The van der Waals surface area contributed by atoms with E-state index in [0.29, 0.717) is 12.5 Å². The topological polar surface area (TPSA) is 74.3 Å². The summed E-state index contributed by atoms with van der Waals surface area (Å²) in [5.74, 6) is 0.876. The standard InChI is InChI=1S/C22H32N4O2/c1-14-19(15-5-6-15)17(7-8-23-14)24-20(28)16-9-22(10-16)12-26(13-22)11-18(27)25-21(2,3)4/h7-8,15-16H,5-6,9-13H2,1-4H3,(H,25,27)(H,23,24,28). The van der Waals surface area contributed by atoms with Crippen LogP contribution in [0.2, 0.25) is 0 Å². The second kappa shape index (κ2) is 6.83. The van der Waals surface area contributed by atoms with E-state index in [1.165, 1.54) is 18.4 Å². The molecule has 4 rings (SSSR count). The van der Waals surface area contributed by atoms with Gasteiger partial charge in [0.25, 0.3) is 0 Å². The highest BCUT2D eigenvalue weighted by Gasteiger charge is 2.54. The van der Waals surface area contributed by atoms with Crippen LogP contribution in [-0.2, 0) is 9.59 Å². The third kappa shape index (κ3) is 4.07. The van der Waals surface area contributed by atoms with Gasteiger partial charge in [-0.3, -0.25) is 19.5 Å². The molecule has 1 saturated heterocycles. The molecule has 6 nitrogen and oxygen atoms in total. The zero-order valence-corrected chi connectivity index (χ0v) is 17.5. The number of likely N-dealkylation sites (tertiary alicyclic amines) is 1. The molecular formula is C22H32N4O2. The zero-order chi connectivity index (χ0) is 20.1. The number of nitrogens with zero attached hydrogens (tertiary/aromatic N) is 2. The van der Waals surface area contributed by atoms with Gasteiger partial charge in [0, 0.05) is 42.1 Å². The SMILES string of the molecule is Cc1nccc(NC(=O)C2CC3(C2)CN(CC(=O)NC(C)(C)C)C3)c1C1CC1. The highest BCUT2D eigenvalue weighted by atomic mass is 16.2. The van der Waals surface area contributed by atoms with E-state index in [1.54, 1.807) is 6.20 Å². The van der Waals surface area contributed by atoms with Crippen LogP contribution in [0.4, 0.5) is 5.69 Å². The van der Waals surface area contributed by atoms with Gasteiger partial charge in [0.2, 0.25) is 11.8 Å². The lowest BCUT2D eigenvalue weighted by Crippen LogP contribution is -2.65. The van der Waals surface area contributed by atoms with Crippen molar-refractivity contribution in [3.8, 4) is 0 Å². The van der Waals surface area contributed by atoms with Crippen molar-refractivity contribution in [1.82, 2.24) is 15.2 Å². The zero-order valence-electron chi connectivity index (χ0n) is 17.5. The number of anilines is 1. The van der Waals surface area contributed by atoms with Crippen molar-refractivity contribution in [2.24, 2.45) is 11.3 Å². The maximum Gasteiger partial charge on any atom is 0.234 e. The average molecular weight is 385 g/mol. The van der Waals surface area contributed by atoms with Crippen LogP contribution in [-0.4, -0.2) is 46.9 Å². The molecule has 0 aromatic carbocycles. The van der Waals surface area contributed by atoms with Crippen LogP contribution in [0.5, 0.6) is 0 Å². The molecule has 0 radical (unpaired) electrons. The van der Waals surface area contributed by atoms with Crippen molar-refractivity contribution in [1.29, 1.82) is 0 Å². The lowest BCUT2D eigenvalue weighted by Gasteiger charge is -2.58. The third-order valence-corrected chi connectivity index (χ3v) is 6.16. The van der Waals surface area contributed by atoms with Crippen LogP contribution in [0, 0.1) is 18.3 Å². The molecule has 0 atom stereocenters. The van der Waals surface area contributed by atoms with Gasteiger partial charge < -0.3 is 10.6 Å². The van der Waals surface area contributed by atoms with Gasteiger partial charge in [-0.2, -0.15) is 0 Å². The Labute approximate surface area is 167 Å². The molecule has 1 spiro atoms. The van der Waals surface area contributed by atoms with Gasteiger partial charge in [-0.1, -0.05) is 0 Å². The molecule has 1 aromatic rings. The Morgan fingerprint density at radius 2 is 1.93 bits per heavy atom. The van der Waals surface area contributed by atoms with Crippen LogP contribution >= 0.6 is 0 Å². The summed E-state index contributed by atoms with van der Waals surface area (Å²) in [5, 5.41) is 6.18. The summed E-state index contributed by atoms with van der Waals surface area (Å²) in [6.45, 7) is 10.3. The molecule has 2 amide bonds. The van der Waals surface area contributed by atoms with E-state index in [2.05, 4.69) is 20.5 Å². The number of hydrogen-bond donors (Lipinski definition) is 2. The minimum Gasteiger partial charge on any atom is -0.350 e. The largest absolute Gasteiger partial charge is 0.350 e. The number of carbonyl (C=O) groups is 2. The lowest BCUT2D eigenvalue weighted by molar-refractivity contribution is -0.144. The predicted octanol–water partition coefficient (Wildman–Crippen LogP) is 2.83. The van der Waals surface area contributed by atoms with Gasteiger partial charge in [0.1, 0.15) is 0 Å². The molecule has 2 saturated carbocycles. The second-order valence-corrected chi connectivity index (χ2v) is 10.2. The Morgan fingerprint density at radius 1 is 1.25 bits per heavy atom. The van der Waals surface area contributed by atoms with Gasteiger partial charge in [-0.05, 0) is 76.3 Å². The van der Waals surface area contributed by atoms with Crippen molar-refractivity contribution in [3.63, 3.8) is 0 Å². The summed E-state index contributed by atoms with van der Waals surface area (Å²) in [6.07, 6.45) is 6.03. The minimum absolute atomic E-state index is 0.0802. The van der Waals surface area contributed by atoms with Crippen LogP contribution in [0.1, 0.15) is 63.6 Å². The molecule has 6 heteroatoms. The third-order valence-electron chi connectivity index (χ3n) is 6.16. The summed E-state index contributed by atoms with van der Waals surface area (Å²) in [6, 6.07) is 1.94. The number of pyridine rings is 1. The molecule has 1 aliphatic heterocycles. The first kappa shape index (κ1) is 19.4. The molecule has 2 heterocycles. The molecule has 2 N–H and O–H groups in total. The van der Waals surface area contributed by atoms with E-state index < -0.39 is 0 Å². The van der Waals surface area contributed by atoms with Gasteiger partial charge in [-0.15, -0.1) is 0 Å². The van der Waals surface area contributed by atoms with E-state index in [-0.39, 0.29) is 28.7 Å². The number of carbonyl (C=O) groups excluding carboxylic acids is 2. The van der Waals surface area contributed by atoms with Crippen LogP contribution in [0.15, 0.2) is 12.3 Å². The van der Waals surface area contributed by atoms with E-state index >= 15 is 0 Å². The van der Waals surface area contributed by atoms with Gasteiger partial charge >= 0.3 is 0 Å². The van der Waals surface area contributed by atoms with Crippen LogP contribution in [0.25, 0.3) is 0 Å². The first-order chi connectivity index (χ1) is 13.1. The number of nitrogens with one attached hydrogen (secondary N) is 2. The Bertz CT molecular complexity index is 780. The summed E-state index contributed by atoms with van der Waals surface area (Å²) in [4.78, 5) is 31.4. The first-order valence-electron chi connectivity index (χ1n) is 10.4. The average Bonchev–Trinajstić information content (AvgIpc) is 3.31. The Hall–Kier alpha value is -1.95. The highest BCUT2D eigenvalue weighted by molar-refractivity contribution is 5.94. The summed E-state index contributed by atoms with van der Waals surface area (Å²) in [7, 11) is 0. The quantitative estimate of drug-likeness (QED) is 0.819. The van der Waals surface area contributed by atoms with Crippen LogP contribution in [0.3, 0.4) is 0 Å². The molecule has 28 heavy (non-hydrogen) atoms. The summed E-state index contributed by atoms with van der Waals surface area (Å²) >= 11 is 0. The van der Waals surface area contributed by atoms with Crippen molar-refractivity contribution in [3.05, 3.63) is 23.5 Å². The van der Waals surface area contributed by atoms with E-state index in [0.717, 1.165) is 37.3 Å². The Balaban J connectivity index is 1.25. The molecule has 152 valence electrons. The summed E-state index contributed by atoms with van der Waals surface area (Å²) < 4.78 is 0. The second-order valence-electron chi connectivity index (χ2n) is 10.2. The first-order valence-corrected chi connectivity index (χ1v) is 10.4. The number of rotatable bonds is 5. The fourth-order valence-corrected chi connectivity index (χ4v) is 4.91. The van der Waals surface area contributed by atoms with E-state index in [9.17, 15) is 9.59 Å². The predicted molar refractivity (Wildman–Crippen MR) is 109 cm³/mol. The van der Waals surface area contributed by atoms with Crippen molar-refractivity contribution >= 4 is 17.5 Å². The number of aromatic nitrogens is 1. The fourth-order valence-electron chi connectivity index (χ4n) is 4.91. The Morgan fingerprint density at radius 3 is 2.54 bits per heavy atom. The van der Waals surface area contributed by atoms with Crippen molar-refractivity contribution < 1.29 is 9.59 Å². The molecule has 0 unspecified atom stereocenters. The highest BCUT2D eigenvalue weighted by Crippen LogP contribution is 2.52. The van der Waals surface area contributed by atoms with Crippen LogP contribution < -0.4 is 10.6 Å². The van der Waals surface area contributed by atoms with E-state index in [1.807, 2.05) is 33.8 Å². The lowest BCUT2D eigenvalue weighted by atomic mass is 9.57. The van der Waals surface area contributed by atoms with Gasteiger partial charge in [-0.25, -0.2) is 0 Å². The number of aryl methyl sites for hydroxylation is 1. The maximum absolute atomic E-state index is 12.7. The van der Waals surface area contributed by atoms with Gasteiger partial charge in [0.05, 0.1) is 6.54 Å².